The number of hydrogen-bond acceptors (Lipinski definition) is 9. The Hall–Kier alpha value is -3.38. The first-order chi connectivity index (χ1) is 12.5. The maximum absolute atomic E-state index is 12.8. The second kappa shape index (κ2) is 5.82. The van der Waals surface area contributed by atoms with Gasteiger partial charge in [0, 0.05) is 28.4 Å². The third-order valence-corrected chi connectivity index (χ3v) is 5.29. The molecule has 0 aliphatic heterocycles. The molecule has 0 fully saturated rings. The van der Waals surface area contributed by atoms with Gasteiger partial charge in [-0.05, 0) is 6.07 Å². The Labute approximate surface area is 154 Å². The Morgan fingerprint density at radius 3 is 2.04 bits per heavy atom. The van der Waals surface area contributed by atoms with Crippen molar-refractivity contribution in [1.29, 1.82) is 0 Å². The van der Waals surface area contributed by atoms with Crippen molar-refractivity contribution in [3.63, 3.8) is 0 Å². The van der Waals surface area contributed by atoms with Gasteiger partial charge in [-0.1, -0.05) is 6.07 Å². The van der Waals surface area contributed by atoms with E-state index in [0.29, 0.717) is 6.07 Å². The van der Waals surface area contributed by atoms with E-state index in [9.17, 15) is 38.2 Å². The van der Waals surface area contributed by atoms with Crippen LogP contribution in [0, 0.1) is 20.2 Å². The summed E-state index contributed by atoms with van der Waals surface area (Å²) in [7, 11) is 0.626. The van der Waals surface area contributed by atoms with E-state index in [0.717, 1.165) is 18.2 Å². The SMILES string of the molecule is Nc1c(S(=O)(=O)Cl)cc([N+](=O)[O-])c2c1C(=O)c1cccc([N+](=O)[O-])c1C2=O. The predicted octanol–water partition coefficient (Wildman–Crippen LogP) is 1.79. The number of ketones is 2. The van der Waals surface area contributed by atoms with Gasteiger partial charge in [0.1, 0.15) is 16.0 Å². The fourth-order valence-electron chi connectivity index (χ4n) is 2.85. The van der Waals surface area contributed by atoms with E-state index in [1.54, 1.807) is 0 Å². The number of nitrogen functional groups attached to an aromatic ring is 1. The van der Waals surface area contributed by atoms with Crippen molar-refractivity contribution < 1.29 is 27.9 Å². The minimum absolute atomic E-state index is 0.424. The Bertz CT molecular complexity index is 1210. The highest BCUT2D eigenvalue weighted by atomic mass is 35.7. The number of nitrogens with zero attached hydrogens (tertiary/aromatic N) is 2. The Morgan fingerprint density at radius 1 is 0.926 bits per heavy atom. The highest BCUT2D eigenvalue weighted by molar-refractivity contribution is 8.13. The van der Waals surface area contributed by atoms with Gasteiger partial charge in [0.05, 0.1) is 21.1 Å². The number of nitro groups is 2. The number of rotatable bonds is 3. The smallest absolute Gasteiger partial charge is 0.282 e. The van der Waals surface area contributed by atoms with Gasteiger partial charge < -0.3 is 5.73 Å². The Morgan fingerprint density at radius 2 is 1.52 bits per heavy atom. The second-order valence-corrected chi connectivity index (χ2v) is 7.90. The molecule has 0 aromatic heterocycles. The first-order valence-electron chi connectivity index (χ1n) is 6.89. The molecule has 13 heteroatoms. The van der Waals surface area contributed by atoms with E-state index in [1.165, 1.54) is 0 Å². The van der Waals surface area contributed by atoms with E-state index in [4.69, 9.17) is 16.4 Å². The van der Waals surface area contributed by atoms with E-state index >= 15 is 0 Å². The minimum atomic E-state index is -4.59. The summed E-state index contributed by atoms with van der Waals surface area (Å²) in [4.78, 5) is 45.2. The molecule has 2 aromatic rings. The number of carbonyl (C=O) groups excluding carboxylic acids is 2. The quantitative estimate of drug-likeness (QED) is 0.290. The molecule has 0 saturated carbocycles. The lowest BCUT2D eigenvalue weighted by Gasteiger charge is -2.19. The van der Waals surface area contributed by atoms with Crippen molar-refractivity contribution in [3.8, 4) is 0 Å². The van der Waals surface area contributed by atoms with Crippen LogP contribution in [0.1, 0.15) is 31.8 Å². The zero-order valence-corrected chi connectivity index (χ0v) is 14.4. The molecule has 138 valence electrons. The summed E-state index contributed by atoms with van der Waals surface area (Å²) < 4.78 is 23.3. The lowest BCUT2D eigenvalue weighted by Crippen LogP contribution is -2.25. The van der Waals surface area contributed by atoms with Crippen LogP contribution in [0.25, 0.3) is 0 Å². The number of anilines is 1. The third-order valence-electron chi connectivity index (χ3n) is 3.93. The number of nitrogens with two attached hydrogens (primary N) is 1. The van der Waals surface area contributed by atoms with Crippen LogP contribution in [0.4, 0.5) is 17.1 Å². The summed E-state index contributed by atoms with van der Waals surface area (Å²) in [6.07, 6.45) is 0. The van der Waals surface area contributed by atoms with E-state index < -0.39 is 74.7 Å². The second-order valence-electron chi connectivity index (χ2n) is 5.37. The average Bonchev–Trinajstić information content (AvgIpc) is 2.57. The molecule has 2 aromatic carbocycles. The van der Waals surface area contributed by atoms with Crippen molar-refractivity contribution in [2.45, 2.75) is 4.90 Å². The van der Waals surface area contributed by atoms with Gasteiger partial charge in [-0.15, -0.1) is 0 Å². The largest absolute Gasteiger partial charge is 0.397 e. The van der Waals surface area contributed by atoms with Crippen molar-refractivity contribution >= 4 is 48.4 Å². The summed E-state index contributed by atoms with van der Waals surface area (Å²) in [5.41, 5.74) is 0.526. The first kappa shape index (κ1) is 18.4. The fourth-order valence-corrected chi connectivity index (χ4v) is 3.85. The van der Waals surface area contributed by atoms with Gasteiger partial charge in [0.15, 0.2) is 5.78 Å². The number of halogens is 1. The molecule has 1 aliphatic carbocycles. The Balaban J connectivity index is 2.52. The number of fused-ring (bicyclic) bond motifs is 2. The first-order valence-corrected chi connectivity index (χ1v) is 9.20. The molecule has 0 unspecified atom stereocenters. The highest BCUT2D eigenvalue weighted by Crippen LogP contribution is 2.42. The molecule has 0 spiro atoms. The molecule has 11 nitrogen and oxygen atoms in total. The monoisotopic (exact) mass is 411 g/mol. The predicted molar refractivity (Wildman–Crippen MR) is 90.5 cm³/mol. The molecule has 27 heavy (non-hydrogen) atoms. The average molecular weight is 412 g/mol. The van der Waals surface area contributed by atoms with Crippen LogP contribution in [0.15, 0.2) is 29.2 Å². The summed E-state index contributed by atoms with van der Waals surface area (Å²) in [5, 5.41) is 22.6. The summed E-state index contributed by atoms with van der Waals surface area (Å²) in [6.45, 7) is 0. The fraction of sp³-hybridized carbons (Fsp3) is 0. The molecule has 1 aliphatic rings. The molecule has 3 rings (SSSR count). The molecule has 0 atom stereocenters. The number of carbonyl (C=O) groups is 2. The van der Waals surface area contributed by atoms with Crippen LogP contribution in [0.2, 0.25) is 0 Å². The van der Waals surface area contributed by atoms with Crippen LogP contribution >= 0.6 is 10.7 Å². The minimum Gasteiger partial charge on any atom is -0.397 e. The van der Waals surface area contributed by atoms with Gasteiger partial charge in [0.2, 0.25) is 5.78 Å². The van der Waals surface area contributed by atoms with Crippen LogP contribution < -0.4 is 5.73 Å². The molecular weight excluding hydrogens is 406 g/mol. The third kappa shape index (κ3) is 2.62. The number of hydrogen-bond donors (Lipinski definition) is 1. The van der Waals surface area contributed by atoms with Gasteiger partial charge in [-0.2, -0.15) is 0 Å². The van der Waals surface area contributed by atoms with Crippen LogP contribution in [-0.4, -0.2) is 29.8 Å². The summed E-state index contributed by atoms with van der Waals surface area (Å²) >= 11 is 0. The van der Waals surface area contributed by atoms with Crippen LogP contribution in [0.5, 0.6) is 0 Å². The van der Waals surface area contributed by atoms with Gasteiger partial charge in [0.25, 0.3) is 20.4 Å². The zero-order chi connectivity index (χ0) is 20.3. The van der Waals surface area contributed by atoms with Crippen molar-refractivity contribution in [1.82, 2.24) is 0 Å². The standard InChI is InChI=1S/C14H6ClN3O8S/c15-27(25,26)8-4-7(18(23)24)10-11(12(8)16)13(19)5-2-1-3-6(17(21)22)9(5)14(10)20/h1-4H,16H2. The van der Waals surface area contributed by atoms with Crippen molar-refractivity contribution in [2.24, 2.45) is 0 Å². The molecule has 0 amide bonds. The molecular formula is C14H6ClN3O8S. The van der Waals surface area contributed by atoms with Crippen molar-refractivity contribution in [3.05, 3.63) is 66.7 Å². The zero-order valence-electron chi connectivity index (χ0n) is 12.8. The van der Waals surface area contributed by atoms with E-state index in [-0.39, 0.29) is 0 Å². The molecule has 0 bridgehead atoms. The number of nitro benzene ring substituents is 2. The lowest BCUT2D eigenvalue weighted by molar-refractivity contribution is -0.385. The number of benzene rings is 2. The van der Waals surface area contributed by atoms with E-state index in [1.807, 2.05) is 0 Å². The van der Waals surface area contributed by atoms with Gasteiger partial charge in [-0.3, -0.25) is 29.8 Å². The molecule has 0 radical (unpaired) electrons. The lowest BCUT2D eigenvalue weighted by atomic mass is 9.81. The highest BCUT2D eigenvalue weighted by Gasteiger charge is 2.43. The summed E-state index contributed by atoms with van der Waals surface area (Å²) in [5.74, 6) is -2.25. The molecule has 0 heterocycles. The Kier molecular flexibility index (Phi) is 3.97. The molecule has 0 saturated heterocycles. The maximum Gasteiger partial charge on any atom is 0.282 e. The molecule has 2 N–H and O–H groups in total. The van der Waals surface area contributed by atoms with Crippen LogP contribution in [0.3, 0.4) is 0 Å². The van der Waals surface area contributed by atoms with Gasteiger partial charge >= 0.3 is 0 Å². The maximum atomic E-state index is 12.8. The summed E-state index contributed by atoms with van der Waals surface area (Å²) in [6, 6.07) is 3.64. The normalized spacial score (nSPS) is 13.1. The van der Waals surface area contributed by atoms with Crippen LogP contribution in [-0.2, 0) is 9.05 Å². The van der Waals surface area contributed by atoms with E-state index in [2.05, 4.69) is 0 Å². The topological polar surface area (TPSA) is 181 Å². The van der Waals surface area contributed by atoms with Crippen molar-refractivity contribution in [2.75, 3.05) is 5.73 Å². The van der Waals surface area contributed by atoms with Gasteiger partial charge in [-0.25, -0.2) is 8.42 Å².